The van der Waals surface area contributed by atoms with Crippen LogP contribution in [0.2, 0.25) is 0 Å². The van der Waals surface area contributed by atoms with E-state index in [0.717, 1.165) is 28.9 Å². The van der Waals surface area contributed by atoms with E-state index in [1.807, 2.05) is 24.3 Å². The number of nitrogens with zero attached hydrogens (tertiary/aromatic N) is 1. The van der Waals surface area contributed by atoms with E-state index in [9.17, 15) is 0 Å². The second kappa shape index (κ2) is 8.17. The quantitative estimate of drug-likeness (QED) is 0.833. The van der Waals surface area contributed by atoms with Crippen molar-refractivity contribution in [1.82, 2.24) is 4.90 Å². The van der Waals surface area contributed by atoms with E-state index < -0.39 is 0 Å². The van der Waals surface area contributed by atoms with Gasteiger partial charge in [0, 0.05) is 29.7 Å². The van der Waals surface area contributed by atoms with Crippen LogP contribution in [0.4, 0.5) is 0 Å². The molecule has 0 radical (unpaired) electrons. The number of nitrogens with two attached hydrogens (primary N) is 1. The lowest BCUT2D eigenvalue weighted by molar-refractivity contribution is 0.231. The molecule has 0 saturated carbocycles. The number of likely N-dealkylation sites (N-methyl/N-ethyl adjacent to an activating group) is 1. The van der Waals surface area contributed by atoms with Crippen molar-refractivity contribution in [1.29, 1.82) is 0 Å². The van der Waals surface area contributed by atoms with E-state index in [0.29, 0.717) is 13.2 Å². The highest BCUT2D eigenvalue weighted by Gasteiger charge is 2.03. The fraction of sp³-hybridized carbons (Fsp3) is 0.294. The second-order valence-corrected chi connectivity index (χ2v) is 5.94. The van der Waals surface area contributed by atoms with Gasteiger partial charge in [0.1, 0.15) is 12.4 Å². The minimum absolute atomic E-state index is 0.505. The highest BCUT2D eigenvalue weighted by molar-refractivity contribution is 9.10. The maximum Gasteiger partial charge on any atom is 0.123 e. The molecule has 2 N–H and O–H groups in total. The van der Waals surface area contributed by atoms with E-state index in [2.05, 4.69) is 52.1 Å². The molecule has 0 spiro atoms. The van der Waals surface area contributed by atoms with Crippen LogP contribution in [0.3, 0.4) is 0 Å². The minimum atomic E-state index is 0.505. The molecule has 2 aromatic rings. The molecule has 21 heavy (non-hydrogen) atoms. The van der Waals surface area contributed by atoms with Crippen LogP contribution in [0.1, 0.15) is 11.1 Å². The number of hydrogen-bond donors (Lipinski definition) is 1. The number of hydrogen-bond acceptors (Lipinski definition) is 3. The third kappa shape index (κ3) is 5.16. The summed E-state index contributed by atoms with van der Waals surface area (Å²) in [6.45, 7) is 2.94. The van der Waals surface area contributed by atoms with Gasteiger partial charge >= 0.3 is 0 Å². The van der Waals surface area contributed by atoms with Crippen LogP contribution in [0.5, 0.6) is 5.75 Å². The number of ether oxygens (including phenoxy) is 1. The maximum atomic E-state index is 5.83. The smallest absolute Gasteiger partial charge is 0.123 e. The molecule has 0 aliphatic rings. The zero-order valence-electron chi connectivity index (χ0n) is 12.3. The van der Waals surface area contributed by atoms with Gasteiger partial charge in [-0.1, -0.05) is 46.3 Å². The molecule has 2 aromatic carbocycles. The van der Waals surface area contributed by atoms with Crippen molar-refractivity contribution < 1.29 is 4.74 Å². The molecule has 0 fully saturated rings. The van der Waals surface area contributed by atoms with E-state index in [-0.39, 0.29) is 0 Å². The Morgan fingerprint density at radius 1 is 1.10 bits per heavy atom. The lowest BCUT2D eigenvalue weighted by Gasteiger charge is -2.18. The van der Waals surface area contributed by atoms with Crippen molar-refractivity contribution in [3.8, 4) is 5.75 Å². The molecule has 0 unspecified atom stereocenters. The van der Waals surface area contributed by atoms with E-state index in [4.69, 9.17) is 10.5 Å². The molecular formula is C17H21BrN2O. The van der Waals surface area contributed by atoms with Crippen LogP contribution in [0, 0.1) is 0 Å². The molecule has 3 nitrogen and oxygen atoms in total. The summed E-state index contributed by atoms with van der Waals surface area (Å²) in [4.78, 5) is 2.24. The Hall–Kier alpha value is -1.36. The molecule has 0 amide bonds. The summed E-state index contributed by atoms with van der Waals surface area (Å²) in [5.74, 6) is 0.886. The SMILES string of the molecule is CN(CCOc1ccccc1CN)Cc1ccc(Br)cc1. The Labute approximate surface area is 134 Å². The van der Waals surface area contributed by atoms with Gasteiger partial charge in [-0.25, -0.2) is 0 Å². The van der Waals surface area contributed by atoms with Gasteiger partial charge in [-0.3, -0.25) is 4.90 Å². The zero-order chi connectivity index (χ0) is 15.1. The predicted octanol–water partition coefficient (Wildman–Crippen LogP) is 3.42. The highest BCUT2D eigenvalue weighted by atomic mass is 79.9. The van der Waals surface area contributed by atoms with Gasteiger partial charge < -0.3 is 10.5 Å². The van der Waals surface area contributed by atoms with Crippen molar-refractivity contribution >= 4 is 15.9 Å². The summed E-state index contributed by atoms with van der Waals surface area (Å²) in [5.41, 5.74) is 8.05. The van der Waals surface area contributed by atoms with Gasteiger partial charge in [-0.05, 0) is 30.8 Å². The van der Waals surface area contributed by atoms with Crippen molar-refractivity contribution in [3.63, 3.8) is 0 Å². The predicted molar refractivity (Wildman–Crippen MR) is 90.3 cm³/mol. The third-order valence-electron chi connectivity index (χ3n) is 3.29. The lowest BCUT2D eigenvalue weighted by Crippen LogP contribution is -2.24. The first kappa shape index (κ1) is 16.0. The Morgan fingerprint density at radius 3 is 2.52 bits per heavy atom. The fourth-order valence-electron chi connectivity index (χ4n) is 2.11. The highest BCUT2D eigenvalue weighted by Crippen LogP contribution is 2.17. The molecule has 4 heteroatoms. The van der Waals surface area contributed by atoms with Gasteiger partial charge in [-0.2, -0.15) is 0 Å². The van der Waals surface area contributed by atoms with E-state index in [1.165, 1.54) is 5.56 Å². The van der Waals surface area contributed by atoms with Gasteiger partial charge in [0.25, 0.3) is 0 Å². The molecule has 0 aromatic heterocycles. The van der Waals surface area contributed by atoms with Gasteiger partial charge in [0.15, 0.2) is 0 Å². The summed E-state index contributed by atoms with van der Waals surface area (Å²) in [6.07, 6.45) is 0. The summed E-state index contributed by atoms with van der Waals surface area (Å²) < 4.78 is 6.93. The number of benzene rings is 2. The minimum Gasteiger partial charge on any atom is -0.492 e. The Bertz CT molecular complexity index is 557. The van der Waals surface area contributed by atoms with Gasteiger partial charge in [0.05, 0.1) is 0 Å². The first-order valence-corrected chi connectivity index (χ1v) is 7.82. The Kier molecular flexibility index (Phi) is 6.23. The monoisotopic (exact) mass is 348 g/mol. The molecule has 0 aliphatic heterocycles. The van der Waals surface area contributed by atoms with Crippen molar-refractivity contribution in [2.24, 2.45) is 5.73 Å². The topological polar surface area (TPSA) is 38.5 Å². The standard InChI is InChI=1S/C17H21BrN2O/c1-20(13-14-6-8-16(18)9-7-14)10-11-21-17-5-3-2-4-15(17)12-19/h2-9H,10-13,19H2,1H3. The molecule has 0 bridgehead atoms. The van der Waals surface area contributed by atoms with Gasteiger partial charge in [0.2, 0.25) is 0 Å². The van der Waals surface area contributed by atoms with Crippen LogP contribution < -0.4 is 10.5 Å². The summed E-state index contributed by atoms with van der Waals surface area (Å²) >= 11 is 3.45. The van der Waals surface area contributed by atoms with Crippen molar-refractivity contribution in [3.05, 3.63) is 64.1 Å². The Morgan fingerprint density at radius 2 is 1.81 bits per heavy atom. The molecule has 0 aliphatic carbocycles. The number of para-hydroxylation sites is 1. The third-order valence-corrected chi connectivity index (χ3v) is 3.82. The molecule has 2 rings (SSSR count). The maximum absolute atomic E-state index is 5.83. The first-order chi connectivity index (χ1) is 10.2. The van der Waals surface area contributed by atoms with E-state index >= 15 is 0 Å². The van der Waals surface area contributed by atoms with Crippen LogP contribution in [-0.4, -0.2) is 25.1 Å². The fourth-order valence-corrected chi connectivity index (χ4v) is 2.37. The van der Waals surface area contributed by atoms with Crippen LogP contribution in [0.25, 0.3) is 0 Å². The molecule has 0 saturated heterocycles. The van der Waals surface area contributed by atoms with Gasteiger partial charge in [-0.15, -0.1) is 0 Å². The van der Waals surface area contributed by atoms with Crippen molar-refractivity contribution in [2.75, 3.05) is 20.2 Å². The van der Waals surface area contributed by atoms with E-state index in [1.54, 1.807) is 0 Å². The van der Waals surface area contributed by atoms with Crippen LogP contribution in [0.15, 0.2) is 53.0 Å². The molecular weight excluding hydrogens is 328 g/mol. The molecule has 0 heterocycles. The number of rotatable bonds is 7. The van der Waals surface area contributed by atoms with Crippen LogP contribution in [-0.2, 0) is 13.1 Å². The summed E-state index contributed by atoms with van der Waals surface area (Å²) in [5, 5.41) is 0. The normalized spacial score (nSPS) is 10.9. The lowest BCUT2D eigenvalue weighted by atomic mass is 10.2. The van der Waals surface area contributed by atoms with Crippen molar-refractivity contribution in [2.45, 2.75) is 13.1 Å². The zero-order valence-corrected chi connectivity index (χ0v) is 13.8. The average molecular weight is 349 g/mol. The molecule has 0 atom stereocenters. The largest absolute Gasteiger partial charge is 0.492 e. The summed E-state index contributed by atoms with van der Waals surface area (Å²) in [6, 6.07) is 16.3. The number of halogens is 1. The summed E-state index contributed by atoms with van der Waals surface area (Å²) in [7, 11) is 2.10. The molecule has 112 valence electrons. The second-order valence-electron chi connectivity index (χ2n) is 5.02. The van der Waals surface area contributed by atoms with Crippen LogP contribution >= 0.6 is 15.9 Å². The Balaban J connectivity index is 1.79. The average Bonchev–Trinajstić information content (AvgIpc) is 2.50. The first-order valence-electron chi connectivity index (χ1n) is 7.03.